The number of ether oxygens (including phenoxy) is 3. The molecule has 1 unspecified atom stereocenters. The Kier molecular flexibility index (Phi) is 8.36. The van der Waals surface area contributed by atoms with Gasteiger partial charge in [0, 0.05) is 6.61 Å². The minimum atomic E-state index is -1.27. The maximum Gasteiger partial charge on any atom is 0.417 e. The number of hydrogen-bond donors (Lipinski definition) is 1. The van der Waals surface area contributed by atoms with E-state index in [-0.39, 0.29) is 13.2 Å². The molecule has 1 saturated heterocycles. The van der Waals surface area contributed by atoms with Crippen molar-refractivity contribution in [1.82, 2.24) is 4.90 Å². The number of benzene rings is 3. The van der Waals surface area contributed by atoms with E-state index in [0.29, 0.717) is 24.3 Å². The third-order valence-corrected chi connectivity index (χ3v) is 6.20. The molecule has 3 aromatic rings. The third kappa shape index (κ3) is 5.93. The van der Waals surface area contributed by atoms with Crippen LogP contribution in [0.5, 0.6) is 5.75 Å². The Labute approximate surface area is 211 Å². The SMILES string of the molecule is CCO[C@H](C(=O)N1C(=O)OCC1Cc1ccccc1)[C@H](O)c1ccc(OCc2ccccc2)cc1C. The van der Waals surface area contributed by atoms with Crippen LogP contribution >= 0.6 is 0 Å². The van der Waals surface area contributed by atoms with E-state index < -0.39 is 30.3 Å². The summed E-state index contributed by atoms with van der Waals surface area (Å²) in [5.74, 6) is 0.0363. The topological polar surface area (TPSA) is 85.3 Å². The lowest BCUT2D eigenvalue weighted by molar-refractivity contribution is -0.149. The number of carbonyl (C=O) groups is 2. The van der Waals surface area contributed by atoms with Crippen molar-refractivity contribution in [3.63, 3.8) is 0 Å². The number of aryl methyl sites for hydroxylation is 1. The van der Waals surface area contributed by atoms with Gasteiger partial charge in [-0.25, -0.2) is 9.69 Å². The van der Waals surface area contributed by atoms with Gasteiger partial charge in [0.25, 0.3) is 5.91 Å². The lowest BCUT2D eigenvalue weighted by atomic mass is 9.97. The molecule has 1 fully saturated rings. The summed E-state index contributed by atoms with van der Waals surface area (Å²) in [7, 11) is 0. The van der Waals surface area contributed by atoms with E-state index in [4.69, 9.17) is 14.2 Å². The highest BCUT2D eigenvalue weighted by molar-refractivity contribution is 5.96. The van der Waals surface area contributed by atoms with Crippen LogP contribution in [0.2, 0.25) is 0 Å². The van der Waals surface area contributed by atoms with Crippen molar-refractivity contribution in [3.8, 4) is 5.75 Å². The van der Waals surface area contributed by atoms with Gasteiger partial charge in [-0.3, -0.25) is 4.79 Å². The van der Waals surface area contributed by atoms with Crippen LogP contribution in [0, 0.1) is 6.92 Å². The van der Waals surface area contributed by atoms with Gasteiger partial charge in [0.05, 0.1) is 6.04 Å². The number of hydrogen-bond acceptors (Lipinski definition) is 6. The number of cyclic esters (lactones) is 1. The molecule has 1 aliphatic rings. The summed E-state index contributed by atoms with van der Waals surface area (Å²) < 4.78 is 16.8. The maximum absolute atomic E-state index is 13.5. The highest BCUT2D eigenvalue weighted by Crippen LogP contribution is 2.29. The van der Waals surface area contributed by atoms with Crippen LogP contribution in [0.4, 0.5) is 4.79 Å². The molecule has 1 aliphatic heterocycles. The summed E-state index contributed by atoms with van der Waals surface area (Å²) >= 11 is 0. The van der Waals surface area contributed by atoms with Crippen molar-refractivity contribution in [1.29, 1.82) is 0 Å². The maximum atomic E-state index is 13.5. The van der Waals surface area contributed by atoms with Gasteiger partial charge in [0.1, 0.15) is 25.1 Å². The minimum absolute atomic E-state index is 0.0981. The first-order valence-corrected chi connectivity index (χ1v) is 12.1. The van der Waals surface area contributed by atoms with Crippen molar-refractivity contribution < 1.29 is 28.9 Å². The van der Waals surface area contributed by atoms with Crippen LogP contribution in [0.15, 0.2) is 78.9 Å². The Morgan fingerprint density at radius 1 is 1.06 bits per heavy atom. The fraction of sp³-hybridized carbons (Fsp3) is 0.310. The van der Waals surface area contributed by atoms with Crippen LogP contribution in [0.25, 0.3) is 0 Å². The van der Waals surface area contributed by atoms with Gasteiger partial charge in [-0.1, -0.05) is 66.7 Å². The van der Waals surface area contributed by atoms with E-state index in [2.05, 4.69) is 0 Å². The van der Waals surface area contributed by atoms with Gasteiger partial charge < -0.3 is 19.3 Å². The molecule has 7 nitrogen and oxygen atoms in total. The normalized spacial score (nSPS) is 16.9. The van der Waals surface area contributed by atoms with E-state index in [9.17, 15) is 14.7 Å². The summed E-state index contributed by atoms with van der Waals surface area (Å²) in [5, 5.41) is 11.2. The molecule has 2 amide bonds. The molecule has 0 radical (unpaired) electrons. The highest BCUT2D eigenvalue weighted by atomic mass is 16.6. The van der Waals surface area contributed by atoms with E-state index in [1.807, 2.05) is 73.7 Å². The summed E-state index contributed by atoms with van der Waals surface area (Å²) in [4.78, 5) is 27.1. The van der Waals surface area contributed by atoms with E-state index in [1.165, 1.54) is 0 Å². The zero-order chi connectivity index (χ0) is 25.5. The van der Waals surface area contributed by atoms with Crippen LogP contribution in [0.3, 0.4) is 0 Å². The largest absolute Gasteiger partial charge is 0.489 e. The third-order valence-electron chi connectivity index (χ3n) is 6.20. The first-order chi connectivity index (χ1) is 17.5. The van der Waals surface area contributed by atoms with Crippen molar-refractivity contribution in [2.24, 2.45) is 0 Å². The van der Waals surface area contributed by atoms with E-state index in [1.54, 1.807) is 19.1 Å². The van der Waals surface area contributed by atoms with E-state index >= 15 is 0 Å². The van der Waals surface area contributed by atoms with Gasteiger partial charge in [0.15, 0.2) is 6.10 Å². The lowest BCUT2D eigenvalue weighted by Crippen LogP contribution is -2.48. The van der Waals surface area contributed by atoms with Gasteiger partial charge in [-0.05, 0) is 54.7 Å². The Bertz CT molecular complexity index is 1170. The second-order valence-corrected chi connectivity index (χ2v) is 8.74. The number of aliphatic hydroxyl groups is 1. The Morgan fingerprint density at radius 2 is 1.72 bits per heavy atom. The molecule has 0 saturated carbocycles. The highest BCUT2D eigenvalue weighted by Gasteiger charge is 2.43. The molecule has 1 N–H and O–H groups in total. The quantitative estimate of drug-likeness (QED) is 0.448. The second-order valence-electron chi connectivity index (χ2n) is 8.74. The van der Waals surface area contributed by atoms with Crippen LogP contribution in [0.1, 0.15) is 35.3 Å². The van der Waals surface area contributed by atoms with Gasteiger partial charge in [-0.15, -0.1) is 0 Å². The zero-order valence-electron chi connectivity index (χ0n) is 20.5. The average Bonchev–Trinajstić information content (AvgIpc) is 3.26. The first kappa shape index (κ1) is 25.4. The molecule has 36 heavy (non-hydrogen) atoms. The van der Waals surface area contributed by atoms with Crippen molar-refractivity contribution >= 4 is 12.0 Å². The molecule has 188 valence electrons. The van der Waals surface area contributed by atoms with Crippen LogP contribution in [-0.4, -0.2) is 47.4 Å². The van der Waals surface area contributed by atoms with Gasteiger partial charge in [0.2, 0.25) is 0 Å². The minimum Gasteiger partial charge on any atom is -0.489 e. The molecule has 0 spiro atoms. The Morgan fingerprint density at radius 3 is 2.36 bits per heavy atom. The molecule has 3 atom stereocenters. The molecule has 0 bridgehead atoms. The molecular formula is C29H31NO6. The number of imide groups is 1. The van der Waals surface area contributed by atoms with Crippen molar-refractivity contribution in [3.05, 3.63) is 101 Å². The molecule has 0 aliphatic carbocycles. The predicted molar refractivity (Wildman–Crippen MR) is 134 cm³/mol. The molecule has 0 aromatic heterocycles. The standard InChI is InChI=1S/C29H31NO6/c1-3-34-27(28(32)30-23(19-36-29(30)33)17-21-10-6-4-7-11-21)26(31)25-15-14-24(16-20(25)2)35-18-22-12-8-5-9-13-22/h4-16,23,26-27,31H,3,17-19H2,1-2H3/t23?,26-,27+/m1/s1. The van der Waals surface area contributed by atoms with Crippen LogP contribution in [-0.2, 0) is 27.3 Å². The van der Waals surface area contributed by atoms with Crippen molar-refractivity contribution in [2.75, 3.05) is 13.2 Å². The second kappa shape index (κ2) is 11.8. The number of carbonyl (C=O) groups excluding carboxylic acids is 2. The fourth-order valence-corrected chi connectivity index (χ4v) is 4.35. The number of amides is 2. The predicted octanol–water partition coefficient (Wildman–Crippen LogP) is 4.60. The molecule has 3 aromatic carbocycles. The van der Waals surface area contributed by atoms with Gasteiger partial charge >= 0.3 is 6.09 Å². The van der Waals surface area contributed by atoms with Crippen molar-refractivity contribution in [2.45, 2.75) is 45.1 Å². The number of aliphatic hydroxyl groups excluding tert-OH is 1. The average molecular weight is 490 g/mol. The van der Waals surface area contributed by atoms with Crippen LogP contribution < -0.4 is 4.74 Å². The Balaban J connectivity index is 1.49. The number of rotatable bonds is 10. The summed E-state index contributed by atoms with van der Waals surface area (Å²) in [6, 6.07) is 24.2. The summed E-state index contributed by atoms with van der Waals surface area (Å²) in [5.41, 5.74) is 3.30. The monoisotopic (exact) mass is 489 g/mol. The smallest absolute Gasteiger partial charge is 0.417 e. The molecule has 1 heterocycles. The van der Waals surface area contributed by atoms with Gasteiger partial charge in [-0.2, -0.15) is 0 Å². The number of nitrogens with zero attached hydrogens (tertiary/aromatic N) is 1. The summed E-state index contributed by atoms with van der Waals surface area (Å²) in [6.45, 7) is 4.29. The lowest BCUT2D eigenvalue weighted by Gasteiger charge is -2.28. The Hall–Kier alpha value is -3.68. The fourth-order valence-electron chi connectivity index (χ4n) is 4.35. The molecule has 4 rings (SSSR count). The first-order valence-electron chi connectivity index (χ1n) is 12.1. The zero-order valence-corrected chi connectivity index (χ0v) is 20.5. The molecular weight excluding hydrogens is 458 g/mol. The summed E-state index contributed by atoms with van der Waals surface area (Å²) in [6.07, 6.45) is -2.79. The van der Waals surface area contributed by atoms with E-state index in [0.717, 1.165) is 21.6 Å². The molecule has 7 heteroatoms.